The predicted molar refractivity (Wildman–Crippen MR) is 100 cm³/mol. The maximum atomic E-state index is 12.4. The van der Waals surface area contributed by atoms with E-state index in [9.17, 15) is 16.8 Å². The molecule has 0 aliphatic rings. The molecule has 0 bridgehead atoms. The van der Waals surface area contributed by atoms with Crippen molar-refractivity contribution in [3.8, 4) is 22.3 Å². The Hall–Kier alpha value is -2.52. The summed E-state index contributed by atoms with van der Waals surface area (Å²) in [4.78, 5) is -0.322. The van der Waals surface area contributed by atoms with Gasteiger partial charge in [0.1, 0.15) is 0 Å². The van der Waals surface area contributed by atoms with Crippen LogP contribution in [0.5, 0.6) is 0 Å². The number of hydrogen-bond acceptors (Lipinski definition) is 4. The summed E-state index contributed by atoms with van der Waals surface area (Å²) in [6.07, 6.45) is 0. The maximum absolute atomic E-state index is 12.4. The highest BCUT2D eigenvalue weighted by Gasteiger charge is 2.24. The van der Waals surface area contributed by atoms with Crippen LogP contribution < -0.4 is 10.3 Å². The zero-order valence-electron chi connectivity index (χ0n) is 13.5. The fourth-order valence-corrected chi connectivity index (χ4v) is 4.57. The van der Waals surface area contributed by atoms with Gasteiger partial charge in [-0.3, -0.25) is 0 Å². The van der Waals surface area contributed by atoms with Crippen LogP contribution in [0.25, 0.3) is 22.3 Å². The molecule has 3 rings (SSSR count). The van der Waals surface area contributed by atoms with Crippen molar-refractivity contribution >= 4 is 20.0 Å². The standard InChI is InChI=1S/C18H16N2O4S2/c19-25(21,22)17-12-5-4-9-15(17)16-11-6-10-14(18(16)26(20,23)24)13-7-2-1-3-8-13/h1-12H,(H2,19,21,22)(H2,20,23,24). The molecule has 8 heteroatoms. The van der Waals surface area contributed by atoms with Gasteiger partial charge in [0.15, 0.2) is 0 Å². The highest BCUT2D eigenvalue weighted by molar-refractivity contribution is 7.89. The quantitative estimate of drug-likeness (QED) is 0.712. The second-order valence-corrected chi connectivity index (χ2v) is 8.66. The molecule has 4 N–H and O–H groups in total. The number of rotatable bonds is 4. The van der Waals surface area contributed by atoms with Gasteiger partial charge in [-0.25, -0.2) is 27.1 Å². The number of primary sulfonamides is 2. The molecule has 134 valence electrons. The van der Waals surface area contributed by atoms with Crippen molar-refractivity contribution in [3.05, 3.63) is 72.8 Å². The average Bonchev–Trinajstić information content (AvgIpc) is 2.60. The number of sulfonamides is 2. The van der Waals surface area contributed by atoms with E-state index in [1.54, 1.807) is 48.5 Å². The van der Waals surface area contributed by atoms with Crippen LogP contribution in [0.4, 0.5) is 0 Å². The van der Waals surface area contributed by atoms with E-state index < -0.39 is 20.0 Å². The molecule has 26 heavy (non-hydrogen) atoms. The first kappa shape index (κ1) is 18.3. The second-order valence-electron chi connectivity index (χ2n) is 5.63. The Morgan fingerprint density at radius 3 is 1.69 bits per heavy atom. The minimum atomic E-state index is -4.16. The Morgan fingerprint density at radius 2 is 1.08 bits per heavy atom. The average molecular weight is 388 g/mol. The Balaban J connectivity index is 2.43. The van der Waals surface area contributed by atoms with Crippen LogP contribution in [0.15, 0.2) is 82.6 Å². The highest BCUT2D eigenvalue weighted by atomic mass is 32.2. The topological polar surface area (TPSA) is 120 Å². The molecule has 6 nitrogen and oxygen atoms in total. The molecular weight excluding hydrogens is 372 g/mol. The van der Waals surface area contributed by atoms with E-state index in [0.29, 0.717) is 11.1 Å². The minimum Gasteiger partial charge on any atom is -0.225 e. The van der Waals surface area contributed by atoms with Crippen LogP contribution in [0.1, 0.15) is 0 Å². The molecule has 0 aromatic heterocycles. The summed E-state index contributed by atoms with van der Waals surface area (Å²) < 4.78 is 48.6. The largest absolute Gasteiger partial charge is 0.239 e. The summed E-state index contributed by atoms with van der Waals surface area (Å²) >= 11 is 0. The first-order chi connectivity index (χ1) is 12.2. The van der Waals surface area contributed by atoms with Crippen LogP contribution in [0.3, 0.4) is 0 Å². The fraction of sp³-hybridized carbons (Fsp3) is 0. The lowest BCUT2D eigenvalue weighted by molar-refractivity contribution is 0.595. The van der Waals surface area contributed by atoms with E-state index in [1.165, 1.54) is 24.3 Å². The Labute approximate surface area is 152 Å². The van der Waals surface area contributed by atoms with Crippen molar-refractivity contribution in [2.24, 2.45) is 10.3 Å². The van der Waals surface area contributed by atoms with Gasteiger partial charge in [-0.1, -0.05) is 66.7 Å². The van der Waals surface area contributed by atoms with E-state index in [-0.39, 0.29) is 20.9 Å². The van der Waals surface area contributed by atoms with E-state index >= 15 is 0 Å². The van der Waals surface area contributed by atoms with Gasteiger partial charge in [-0.2, -0.15) is 0 Å². The number of benzene rings is 3. The summed E-state index contributed by atoms with van der Waals surface area (Å²) in [5, 5.41) is 10.8. The summed E-state index contributed by atoms with van der Waals surface area (Å²) in [5.74, 6) is 0. The maximum Gasteiger partial charge on any atom is 0.239 e. The van der Waals surface area contributed by atoms with Crippen LogP contribution in [-0.4, -0.2) is 16.8 Å². The van der Waals surface area contributed by atoms with Gasteiger partial charge in [0.05, 0.1) is 9.79 Å². The Morgan fingerprint density at radius 1 is 0.538 bits per heavy atom. The molecule has 0 aliphatic heterocycles. The van der Waals surface area contributed by atoms with E-state index in [1.807, 2.05) is 0 Å². The first-order valence-electron chi connectivity index (χ1n) is 7.53. The molecule has 0 aliphatic carbocycles. The monoisotopic (exact) mass is 388 g/mol. The normalized spacial score (nSPS) is 12.1. The number of nitrogens with two attached hydrogens (primary N) is 2. The van der Waals surface area contributed by atoms with Crippen LogP contribution in [0, 0.1) is 0 Å². The summed E-state index contributed by atoms with van der Waals surface area (Å²) in [6.45, 7) is 0. The van der Waals surface area contributed by atoms with Gasteiger partial charge >= 0.3 is 0 Å². The summed E-state index contributed by atoms with van der Waals surface area (Å²) in [6, 6.07) is 19.6. The van der Waals surface area contributed by atoms with Crippen molar-refractivity contribution in [2.75, 3.05) is 0 Å². The molecule has 0 amide bonds. The zero-order chi connectivity index (χ0) is 18.9. The Bertz CT molecular complexity index is 1170. The molecule has 0 atom stereocenters. The van der Waals surface area contributed by atoms with Crippen LogP contribution >= 0.6 is 0 Å². The van der Waals surface area contributed by atoms with Gasteiger partial charge in [-0.05, 0) is 11.6 Å². The smallest absolute Gasteiger partial charge is 0.225 e. The molecule has 0 saturated heterocycles. The van der Waals surface area contributed by atoms with E-state index in [2.05, 4.69) is 0 Å². The second kappa shape index (κ2) is 6.65. The summed E-state index contributed by atoms with van der Waals surface area (Å²) in [7, 11) is -8.22. The molecule has 0 radical (unpaired) electrons. The van der Waals surface area contributed by atoms with E-state index in [4.69, 9.17) is 10.3 Å². The van der Waals surface area contributed by atoms with Gasteiger partial charge in [0.25, 0.3) is 0 Å². The predicted octanol–water partition coefficient (Wildman–Crippen LogP) is 2.32. The lowest BCUT2D eigenvalue weighted by Gasteiger charge is -2.15. The molecule has 0 saturated carbocycles. The molecule has 3 aromatic rings. The van der Waals surface area contributed by atoms with Gasteiger partial charge in [-0.15, -0.1) is 0 Å². The van der Waals surface area contributed by atoms with Crippen molar-refractivity contribution < 1.29 is 16.8 Å². The first-order valence-corrected chi connectivity index (χ1v) is 10.6. The molecule has 3 aromatic carbocycles. The lowest BCUT2D eigenvalue weighted by atomic mass is 9.99. The third-order valence-electron chi connectivity index (χ3n) is 3.87. The highest BCUT2D eigenvalue weighted by Crippen LogP contribution is 2.37. The number of hydrogen-bond donors (Lipinski definition) is 2. The zero-order valence-corrected chi connectivity index (χ0v) is 15.2. The lowest BCUT2D eigenvalue weighted by Crippen LogP contribution is -2.17. The van der Waals surface area contributed by atoms with Gasteiger partial charge in [0, 0.05) is 16.7 Å². The molecule has 0 heterocycles. The van der Waals surface area contributed by atoms with Gasteiger partial charge in [0.2, 0.25) is 20.0 Å². The molecule has 0 fully saturated rings. The summed E-state index contributed by atoms with van der Waals surface area (Å²) in [5.41, 5.74) is 1.39. The minimum absolute atomic E-state index is 0.151. The van der Waals surface area contributed by atoms with Gasteiger partial charge < -0.3 is 0 Å². The van der Waals surface area contributed by atoms with E-state index in [0.717, 1.165) is 0 Å². The SMILES string of the molecule is NS(=O)(=O)c1ccccc1-c1cccc(-c2ccccc2)c1S(N)(=O)=O. The van der Waals surface area contributed by atoms with Crippen molar-refractivity contribution in [1.29, 1.82) is 0 Å². The van der Waals surface area contributed by atoms with Crippen molar-refractivity contribution in [1.82, 2.24) is 0 Å². The van der Waals surface area contributed by atoms with Crippen molar-refractivity contribution in [2.45, 2.75) is 9.79 Å². The van der Waals surface area contributed by atoms with Crippen molar-refractivity contribution in [3.63, 3.8) is 0 Å². The third-order valence-corrected chi connectivity index (χ3v) is 5.85. The molecule has 0 unspecified atom stereocenters. The molecule has 0 spiro atoms. The third kappa shape index (κ3) is 3.54. The molecular formula is C18H16N2O4S2. The Kier molecular flexibility index (Phi) is 4.68. The van der Waals surface area contributed by atoms with Crippen LogP contribution in [0.2, 0.25) is 0 Å². The van der Waals surface area contributed by atoms with Crippen LogP contribution in [-0.2, 0) is 20.0 Å². The fourth-order valence-electron chi connectivity index (χ4n) is 2.84.